The molecule has 0 radical (unpaired) electrons. The van der Waals surface area contributed by atoms with Gasteiger partial charge in [-0.15, -0.1) is 0 Å². The van der Waals surface area contributed by atoms with Crippen LogP contribution in [0.4, 0.5) is 0 Å². The molecule has 1 fully saturated rings. The summed E-state index contributed by atoms with van der Waals surface area (Å²) in [5.41, 5.74) is 0.984. The molecule has 1 aliphatic heterocycles. The molecule has 1 aromatic carbocycles. The molecule has 6 heteroatoms. The fourth-order valence-corrected chi connectivity index (χ4v) is 2.99. The maximum atomic E-state index is 12.3. The Kier molecular flexibility index (Phi) is 6.61. The van der Waals surface area contributed by atoms with E-state index in [1.165, 1.54) is 0 Å². The van der Waals surface area contributed by atoms with Crippen LogP contribution in [0.1, 0.15) is 37.7 Å². The van der Waals surface area contributed by atoms with Crippen LogP contribution in [0.5, 0.6) is 5.75 Å². The van der Waals surface area contributed by atoms with E-state index >= 15 is 0 Å². The number of benzene rings is 1. The maximum Gasteiger partial charge on any atom is 0.326 e. The maximum absolute atomic E-state index is 12.3. The summed E-state index contributed by atoms with van der Waals surface area (Å²) in [6, 6.07) is 6.66. The van der Waals surface area contributed by atoms with Crippen molar-refractivity contribution in [2.24, 2.45) is 5.92 Å². The zero-order valence-corrected chi connectivity index (χ0v) is 14.2. The summed E-state index contributed by atoms with van der Waals surface area (Å²) in [4.78, 5) is 23.8. The number of amides is 1. The average Bonchev–Trinajstić information content (AvgIpc) is 2.60. The van der Waals surface area contributed by atoms with Crippen molar-refractivity contribution in [1.29, 1.82) is 0 Å². The molecule has 2 rings (SSSR count). The summed E-state index contributed by atoms with van der Waals surface area (Å²) in [5.74, 6) is -0.733. The highest BCUT2D eigenvalue weighted by Crippen LogP contribution is 2.24. The molecule has 0 aliphatic carbocycles. The summed E-state index contributed by atoms with van der Waals surface area (Å²) in [6.45, 7) is 2.97. The number of hydrogen-bond acceptors (Lipinski definition) is 4. The Morgan fingerprint density at radius 3 is 2.88 bits per heavy atom. The predicted octanol–water partition coefficient (Wildman–Crippen LogP) is 2.18. The highest BCUT2D eigenvalue weighted by atomic mass is 16.5. The van der Waals surface area contributed by atoms with Crippen molar-refractivity contribution in [2.45, 2.75) is 38.1 Å². The number of carboxylic acids is 1. The molecule has 1 amide bonds. The van der Waals surface area contributed by atoms with Gasteiger partial charge in [-0.05, 0) is 36.5 Å². The van der Waals surface area contributed by atoms with Gasteiger partial charge in [-0.25, -0.2) is 4.79 Å². The molecule has 132 valence electrons. The number of rotatable bonds is 7. The fourth-order valence-electron chi connectivity index (χ4n) is 2.99. The van der Waals surface area contributed by atoms with E-state index in [1.54, 1.807) is 7.11 Å². The number of hydrogen-bond donors (Lipinski definition) is 2. The molecule has 3 unspecified atom stereocenters. The molecule has 1 aliphatic rings. The number of carbonyl (C=O) groups is 2. The molecule has 0 bridgehead atoms. The summed E-state index contributed by atoms with van der Waals surface area (Å²) < 4.78 is 10.5. The highest BCUT2D eigenvalue weighted by Gasteiger charge is 2.31. The Morgan fingerprint density at radius 2 is 2.25 bits per heavy atom. The molecule has 3 atom stereocenters. The summed E-state index contributed by atoms with van der Waals surface area (Å²) in [7, 11) is 1.60. The van der Waals surface area contributed by atoms with Crippen LogP contribution in [0.25, 0.3) is 0 Å². The highest BCUT2D eigenvalue weighted by molar-refractivity contribution is 5.84. The van der Waals surface area contributed by atoms with Gasteiger partial charge in [0, 0.05) is 18.9 Å². The first-order valence-electron chi connectivity index (χ1n) is 8.25. The summed E-state index contributed by atoms with van der Waals surface area (Å²) in [6.07, 6.45) is 1.80. The van der Waals surface area contributed by atoms with Crippen molar-refractivity contribution < 1.29 is 24.2 Å². The third-order valence-corrected chi connectivity index (χ3v) is 4.40. The molecule has 0 saturated carbocycles. The Balaban J connectivity index is 1.95. The van der Waals surface area contributed by atoms with Gasteiger partial charge in [0.25, 0.3) is 0 Å². The van der Waals surface area contributed by atoms with Crippen LogP contribution in [0.3, 0.4) is 0 Å². The molecule has 2 N–H and O–H groups in total. The normalized spacial score (nSPS) is 20.0. The molecule has 1 saturated heterocycles. The van der Waals surface area contributed by atoms with Gasteiger partial charge in [-0.2, -0.15) is 0 Å². The van der Waals surface area contributed by atoms with Crippen LogP contribution < -0.4 is 10.1 Å². The number of ether oxygens (including phenoxy) is 2. The van der Waals surface area contributed by atoms with Gasteiger partial charge in [-0.3, -0.25) is 4.79 Å². The first-order chi connectivity index (χ1) is 11.5. The lowest BCUT2D eigenvalue weighted by Crippen LogP contribution is -2.48. The van der Waals surface area contributed by atoms with Crippen molar-refractivity contribution in [3.8, 4) is 5.75 Å². The molecule has 24 heavy (non-hydrogen) atoms. The average molecular weight is 335 g/mol. The van der Waals surface area contributed by atoms with Gasteiger partial charge >= 0.3 is 5.97 Å². The zero-order valence-electron chi connectivity index (χ0n) is 14.2. The molecular formula is C18H25NO5. The number of nitrogens with one attached hydrogen (secondary N) is 1. The third kappa shape index (κ3) is 4.96. The molecule has 1 heterocycles. The second kappa shape index (κ2) is 8.68. The van der Waals surface area contributed by atoms with Gasteiger partial charge in [0.1, 0.15) is 11.8 Å². The topological polar surface area (TPSA) is 84.9 Å². The smallest absolute Gasteiger partial charge is 0.326 e. The van der Waals surface area contributed by atoms with E-state index < -0.39 is 12.0 Å². The minimum Gasteiger partial charge on any atom is -0.497 e. The van der Waals surface area contributed by atoms with Crippen LogP contribution in [0.15, 0.2) is 24.3 Å². The second-order valence-corrected chi connectivity index (χ2v) is 6.24. The number of methoxy groups -OCH3 is 1. The Morgan fingerprint density at radius 1 is 1.46 bits per heavy atom. The zero-order chi connectivity index (χ0) is 17.5. The van der Waals surface area contributed by atoms with Gasteiger partial charge < -0.3 is 19.9 Å². The second-order valence-electron chi connectivity index (χ2n) is 6.24. The summed E-state index contributed by atoms with van der Waals surface area (Å²) in [5, 5.41) is 12.1. The van der Waals surface area contributed by atoms with Crippen molar-refractivity contribution in [3.63, 3.8) is 0 Å². The lowest BCUT2D eigenvalue weighted by atomic mass is 9.92. The van der Waals surface area contributed by atoms with Crippen LogP contribution in [-0.4, -0.2) is 43.3 Å². The Hall–Kier alpha value is -2.08. The van der Waals surface area contributed by atoms with Crippen LogP contribution >= 0.6 is 0 Å². The lowest BCUT2D eigenvalue weighted by molar-refractivity contribution is -0.145. The molecule has 0 aromatic heterocycles. The molecule has 0 spiro atoms. The third-order valence-electron chi connectivity index (χ3n) is 4.40. The van der Waals surface area contributed by atoms with E-state index in [9.17, 15) is 14.7 Å². The van der Waals surface area contributed by atoms with E-state index in [0.29, 0.717) is 13.2 Å². The van der Waals surface area contributed by atoms with Crippen molar-refractivity contribution in [2.75, 3.05) is 20.3 Å². The van der Waals surface area contributed by atoms with Gasteiger partial charge in [-0.1, -0.05) is 19.1 Å². The van der Waals surface area contributed by atoms with E-state index in [1.807, 2.05) is 31.2 Å². The van der Waals surface area contributed by atoms with E-state index in [2.05, 4.69) is 5.32 Å². The van der Waals surface area contributed by atoms with Gasteiger partial charge in [0.15, 0.2) is 0 Å². The van der Waals surface area contributed by atoms with Crippen molar-refractivity contribution in [1.82, 2.24) is 5.32 Å². The minimum absolute atomic E-state index is 0.0304. The molecular weight excluding hydrogens is 310 g/mol. The fraction of sp³-hybridized carbons (Fsp3) is 0.556. The summed E-state index contributed by atoms with van der Waals surface area (Å²) >= 11 is 0. The minimum atomic E-state index is -1.01. The van der Waals surface area contributed by atoms with E-state index in [0.717, 1.165) is 24.2 Å². The van der Waals surface area contributed by atoms with Gasteiger partial charge in [0.05, 0.1) is 13.7 Å². The molecule has 1 aromatic rings. The molecule has 6 nitrogen and oxygen atoms in total. The van der Waals surface area contributed by atoms with Crippen LogP contribution in [0.2, 0.25) is 0 Å². The Bertz CT molecular complexity index is 568. The van der Waals surface area contributed by atoms with Crippen molar-refractivity contribution >= 4 is 11.9 Å². The predicted molar refractivity (Wildman–Crippen MR) is 89.1 cm³/mol. The first-order valence-corrected chi connectivity index (χ1v) is 8.25. The largest absolute Gasteiger partial charge is 0.497 e. The lowest BCUT2D eigenvalue weighted by Gasteiger charge is -2.28. The Labute approximate surface area is 142 Å². The van der Waals surface area contributed by atoms with Gasteiger partial charge in [0.2, 0.25) is 5.91 Å². The van der Waals surface area contributed by atoms with E-state index in [4.69, 9.17) is 9.47 Å². The number of aliphatic carboxylic acids is 1. The van der Waals surface area contributed by atoms with Crippen LogP contribution in [0, 0.1) is 5.92 Å². The van der Waals surface area contributed by atoms with Crippen molar-refractivity contribution in [3.05, 3.63) is 29.8 Å². The van der Waals surface area contributed by atoms with Crippen LogP contribution in [-0.2, 0) is 14.3 Å². The van der Waals surface area contributed by atoms with E-state index in [-0.39, 0.29) is 24.2 Å². The number of carboxylic acid groups (broad SMARTS) is 1. The number of carbonyl (C=O) groups excluding carboxylic acids is 1. The first kappa shape index (κ1) is 18.3. The quantitative estimate of drug-likeness (QED) is 0.798. The standard InChI is InChI=1S/C18H25NO5/c1-12(13-5-3-7-15(10-13)23-2)9-16(20)19-17(18(21)22)14-6-4-8-24-11-14/h3,5,7,10,12,14,17H,4,6,8-9,11H2,1-2H3,(H,19,20)(H,21,22). The monoisotopic (exact) mass is 335 g/mol. The SMILES string of the molecule is COc1cccc(C(C)CC(=O)NC(C(=O)O)C2CCCOC2)c1.